The van der Waals surface area contributed by atoms with Crippen LogP contribution in [0.25, 0.3) is 11.4 Å². The molecule has 1 unspecified atom stereocenters. The third-order valence-corrected chi connectivity index (χ3v) is 6.13. The number of halogens is 1. The van der Waals surface area contributed by atoms with Gasteiger partial charge in [-0.05, 0) is 63.4 Å². The molecule has 1 atom stereocenters. The van der Waals surface area contributed by atoms with Gasteiger partial charge in [0, 0.05) is 17.8 Å². The Morgan fingerprint density at radius 1 is 1.14 bits per heavy atom. The minimum absolute atomic E-state index is 0.0119. The Hall–Kier alpha value is -3.59. The fraction of sp³-hybridized carbons (Fsp3) is 0.385. The summed E-state index contributed by atoms with van der Waals surface area (Å²) in [7, 11) is 0. The van der Waals surface area contributed by atoms with Crippen molar-refractivity contribution in [2.75, 3.05) is 31.5 Å². The van der Waals surface area contributed by atoms with Gasteiger partial charge in [-0.2, -0.15) is 4.98 Å². The van der Waals surface area contributed by atoms with E-state index in [-0.39, 0.29) is 36.6 Å². The zero-order valence-corrected chi connectivity index (χ0v) is 20.2. The Kier molecular flexibility index (Phi) is 7.55. The topological polar surface area (TPSA) is 100 Å². The van der Waals surface area contributed by atoms with Gasteiger partial charge >= 0.3 is 0 Å². The lowest BCUT2D eigenvalue weighted by atomic mass is 9.98. The van der Waals surface area contributed by atoms with Crippen LogP contribution in [0.1, 0.15) is 41.3 Å². The number of likely N-dealkylation sites (tertiary alicyclic amines) is 1. The number of hydrogen-bond donors (Lipinski definition) is 2. The van der Waals surface area contributed by atoms with Crippen LogP contribution in [0.15, 0.2) is 40.9 Å². The third kappa shape index (κ3) is 6.30. The first-order valence-electron chi connectivity index (χ1n) is 11.7. The van der Waals surface area contributed by atoms with E-state index in [0.717, 1.165) is 41.8 Å². The van der Waals surface area contributed by atoms with Crippen LogP contribution in [0.4, 0.5) is 10.1 Å². The highest BCUT2D eigenvalue weighted by Crippen LogP contribution is 2.27. The van der Waals surface area contributed by atoms with Gasteiger partial charge in [0.1, 0.15) is 5.82 Å². The summed E-state index contributed by atoms with van der Waals surface area (Å²) in [6.45, 7) is 7.35. The fourth-order valence-corrected chi connectivity index (χ4v) is 4.55. The maximum absolute atomic E-state index is 13.5. The van der Waals surface area contributed by atoms with Crippen molar-refractivity contribution >= 4 is 17.5 Å². The SMILES string of the molecule is Cc1cc(C)c(NC(=O)CNC(=O)CN2CCCC(c3nc(-c4cccc(F)c4)no3)C2)c(C)c1. The lowest BCUT2D eigenvalue weighted by Gasteiger charge is -2.30. The number of carbonyl (C=O) groups is 2. The highest BCUT2D eigenvalue weighted by Gasteiger charge is 2.27. The number of hydrogen-bond acceptors (Lipinski definition) is 6. The van der Waals surface area contributed by atoms with E-state index < -0.39 is 0 Å². The number of carbonyl (C=O) groups excluding carboxylic acids is 2. The van der Waals surface area contributed by atoms with Gasteiger partial charge in [-0.3, -0.25) is 14.5 Å². The fourth-order valence-electron chi connectivity index (χ4n) is 4.55. The zero-order chi connectivity index (χ0) is 24.9. The molecule has 1 fully saturated rings. The molecule has 0 bridgehead atoms. The molecule has 2 N–H and O–H groups in total. The van der Waals surface area contributed by atoms with Crippen LogP contribution < -0.4 is 10.6 Å². The lowest BCUT2D eigenvalue weighted by Crippen LogP contribution is -2.43. The van der Waals surface area contributed by atoms with E-state index in [2.05, 4.69) is 20.8 Å². The minimum Gasteiger partial charge on any atom is -0.346 e. The number of anilines is 1. The first-order chi connectivity index (χ1) is 16.8. The van der Waals surface area contributed by atoms with E-state index in [1.54, 1.807) is 12.1 Å². The number of aromatic nitrogens is 2. The molecule has 0 aliphatic carbocycles. The van der Waals surface area contributed by atoms with Gasteiger partial charge in [0.05, 0.1) is 19.0 Å². The summed E-state index contributed by atoms with van der Waals surface area (Å²) in [5.41, 5.74) is 4.45. The van der Waals surface area contributed by atoms with Gasteiger partial charge in [0.2, 0.25) is 23.5 Å². The van der Waals surface area contributed by atoms with Gasteiger partial charge in [0.15, 0.2) is 0 Å². The molecule has 2 heterocycles. The van der Waals surface area contributed by atoms with Crippen molar-refractivity contribution in [2.45, 2.75) is 39.5 Å². The summed E-state index contributed by atoms with van der Waals surface area (Å²) in [6.07, 6.45) is 1.74. The highest BCUT2D eigenvalue weighted by atomic mass is 19.1. The average molecular weight is 480 g/mol. The third-order valence-electron chi connectivity index (χ3n) is 6.13. The average Bonchev–Trinajstić information content (AvgIpc) is 3.31. The Balaban J connectivity index is 1.28. The quantitative estimate of drug-likeness (QED) is 0.536. The first-order valence-corrected chi connectivity index (χ1v) is 11.7. The zero-order valence-electron chi connectivity index (χ0n) is 20.2. The highest BCUT2D eigenvalue weighted by molar-refractivity contribution is 5.96. The van der Waals surface area contributed by atoms with Crippen LogP contribution >= 0.6 is 0 Å². The number of nitrogens with zero attached hydrogens (tertiary/aromatic N) is 3. The van der Waals surface area contributed by atoms with E-state index >= 15 is 0 Å². The van der Waals surface area contributed by atoms with E-state index in [4.69, 9.17) is 4.52 Å². The molecule has 1 saturated heterocycles. The maximum atomic E-state index is 13.5. The second kappa shape index (κ2) is 10.8. The van der Waals surface area contributed by atoms with E-state index in [0.29, 0.717) is 23.8 Å². The van der Waals surface area contributed by atoms with Crippen LogP contribution in [0.2, 0.25) is 0 Å². The van der Waals surface area contributed by atoms with Crippen molar-refractivity contribution in [1.82, 2.24) is 20.4 Å². The number of piperidine rings is 1. The molecule has 4 rings (SSSR count). The van der Waals surface area contributed by atoms with Gasteiger partial charge in [-0.1, -0.05) is 35.0 Å². The Morgan fingerprint density at radius 3 is 2.66 bits per heavy atom. The largest absolute Gasteiger partial charge is 0.346 e. The molecule has 3 aromatic rings. The molecule has 184 valence electrons. The van der Waals surface area contributed by atoms with Gasteiger partial charge < -0.3 is 15.2 Å². The molecule has 0 radical (unpaired) electrons. The molecule has 0 spiro atoms. The number of benzene rings is 2. The summed E-state index contributed by atoms with van der Waals surface area (Å²) in [5.74, 6) is -0.0227. The molecule has 2 aromatic carbocycles. The Labute approximate surface area is 203 Å². The summed E-state index contributed by atoms with van der Waals surface area (Å²) in [5, 5.41) is 9.59. The van der Waals surface area contributed by atoms with Crippen LogP contribution in [0.5, 0.6) is 0 Å². The number of amides is 2. The van der Waals surface area contributed by atoms with Crippen molar-refractivity contribution in [2.24, 2.45) is 0 Å². The summed E-state index contributed by atoms with van der Waals surface area (Å²) in [4.78, 5) is 31.3. The molecule has 35 heavy (non-hydrogen) atoms. The predicted octanol–water partition coefficient (Wildman–Crippen LogP) is 3.74. The van der Waals surface area contributed by atoms with Crippen molar-refractivity contribution in [3.05, 3.63) is 64.8 Å². The molecule has 8 nitrogen and oxygen atoms in total. The smallest absolute Gasteiger partial charge is 0.243 e. The standard InChI is InChI=1S/C26H30FN5O3/c1-16-10-17(2)24(18(3)11-16)29-22(33)13-28-23(34)15-32-9-5-7-20(14-32)26-30-25(31-35-26)19-6-4-8-21(27)12-19/h4,6,8,10-12,20H,5,7,9,13-15H2,1-3H3,(H,28,34)(H,29,33). The molecule has 1 aliphatic heterocycles. The second-order valence-electron chi connectivity index (χ2n) is 9.14. The van der Waals surface area contributed by atoms with Gasteiger partial charge in [-0.15, -0.1) is 0 Å². The molecular formula is C26H30FN5O3. The van der Waals surface area contributed by atoms with Crippen LogP contribution in [0.3, 0.4) is 0 Å². The Morgan fingerprint density at radius 2 is 1.91 bits per heavy atom. The number of aryl methyl sites for hydroxylation is 3. The van der Waals surface area contributed by atoms with Crippen LogP contribution in [-0.4, -0.2) is 53.0 Å². The minimum atomic E-state index is -0.360. The predicted molar refractivity (Wildman–Crippen MR) is 130 cm³/mol. The first kappa shape index (κ1) is 24.5. The van der Waals surface area contributed by atoms with Crippen molar-refractivity contribution < 1.29 is 18.5 Å². The molecule has 0 saturated carbocycles. The van der Waals surface area contributed by atoms with Crippen LogP contribution in [0, 0.1) is 26.6 Å². The maximum Gasteiger partial charge on any atom is 0.243 e. The normalized spacial score (nSPS) is 16.2. The summed E-state index contributed by atoms with van der Waals surface area (Å²) >= 11 is 0. The molecule has 1 aliphatic rings. The second-order valence-corrected chi connectivity index (χ2v) is 9.14. The summed E-state index contributed by atoms with van der Waals surface area (Å²) in [6, 6.07) is 10.1. The molecular weight excluding hydrogens is 449 g/mol. The Bertz CT molecular complexity index is 1200. The monoisotopic (exact) mass is 479 g/mol. The molecule has 9 heteroatoms. The van der Waals surface area contributed by atoms with Crippen LogP contribution in [-0.2, 0) is 9.59 Å². The molecule has 2 amide bonds. The van der Waals surface area contributed by atoms with E-state index in [1.807, 2.05) is 37.8 Å². The molecule has 1 aromatic heterocycles. The van der Waals surface area contributed by atoms with E-state index in [1.165, 1.54) is 12.1 Å². The van der Waals surface area contributed by atoms with Gasteiger partial charge in [-0.25, -0.2) is 4.39 Å². The van der Waals surface area contributed by atoms with E-state index in [9.17, 15) is 14.0 Å². The lowest BCUT2D eigenvalue weighted by molar-refractivity contribution is -0.125. The van der Waals surface area contributed by atoms with Gasteiger partial charge in [0.25, 0.3) is 0 Å². The summed E-state index contributed by atoms with van der Waals surface area (Å²) < 4.78 is 19.0. The van der Waals surface area contributed by atoms with Crippen molar-refractivity contribution in [1.29, 1.82) is 0 Å². The number of rotatable bonds is 7. The van der Waals surface area contributed by atoms with Crippen molar-refractivity contribution in [3.8, 4) is 11.4 Å². The van der Waals surface area contributed by atoms with Crippen molar-refractivity contribution in [3.63, 3.8) is 0 Å². The number of nitrogens with one attached hydrogen (secondary N) is 2.